The van der Waals surface area contributed by atoms with Gasteiger partial charge in [0.25, 0.3) is 0 Å². The van der Waals surface area contributed by atoms with Crippen LogP contribution in [0.25, 0.3) is 0 Å². The van der Waals surface area contributed by atoms with E-state index < -0.39 is 48.0 Å². The third-order valence-corrected chi connectivity index (χ3v) is 9.04. The van der Waals surface area contributed by atoms with Crippen LogP contribution in [0.1, 0.15) is 187 Å². The number of nitrogens with two attached hydrogens (primary N) is 2. The number of aliphatic carboxylic acids is 5. The van der Waals surface area contributed by atoms with E-state index in [-0.39, 0.29) is 25.7 Å². The number of carboxylic acid groups (broad SMARTS) is 5. The van der Waals surface area contributed by atoms with Crippen molar-refractivity contribution in [3.05, 3.63) is 0 Å². The highest BCUT2D eigenvalue weighted by Crippen LogP contribution is 2.11. The second kappa shape index (κ2) is 44.8. The molecule has 0 heterocycles. The summed E-state index contributed by atoms with van der Waals surface area (Å²) in [6.45, 7) is 6.47. The van der Waals surface area contributed by atoms with E-state index in [0.717, 1.165) is 38.5 Å². The number of nitrogens with one attached hydrogen (secondary N) is 4. The molecule has 0 radical (unpaired) electrons. The largest absolute Gasteiger partial charge is 0.481 e. The molecule has 3 unspecified atom stereocenters. The van der Waals surface area contributed by atoms with Gasteiger partial charge in [-0.25, -0.2) is 10.9 Å². The number of rotatable bonds is 39. The highest BCUT2D eigenvalue weighted by Gasteiger charge is 2.18. The Bertz CT molecular complexity index is 887. The van der Waals surface area contributed by atoms with E-state index in [1.807, 2.05) is 0 Å². The molecule has 0 aromatic rings. The summed E-state index contributed by atoms with van der Waals surface area (Å²) >= 11 is 0. The van der Waals surface area contributed by atoms with E-state index in [2.05, 4.69) is 35.6 Å². The molecular formula is C40H82N6O10. The molecule has 0 aliphatic carbocycles. The molecule has 0 aliphatic heterocycles. The SMILES string of the molecule is CCCCCCCCCCCCNNC(CCC(=O)O)C(=O)O.CCCCCCCCCCCCNNC(CCC(=O)O)C(=O)O.NCCCCC(N)C(=O)O. The van der Waals surface area contributed by atoms with Crippen molar-refractivity contribution in [2.24, 2.45) is 11.5 Å². The van der Waals surface area contributed by atoms with Gasteiger partial charge in [-0.3, -0.25) is 34.8 Å². The van der Waals surface area contributed by atoms with Gasteiger partial charge in [-0.2, -0.15) is 0 Å². The highest BCUT2D eigenvalue weighted by atomic mass is 16.4. The van der Waals surface area contributed by atoms with Crippen LogP contribution in [-0.2, 0) is 24.0 Å². The molecule has 0 fully saturated rings. The van der Waals surface area contributed by atoms with E-state index in [1.165, 1.54) is 103 Å². The van der Waals surface area contributed by atoms with Gasteiger partial charge < -0.3 is 37.0 Å². The fourth-order valence-corrected chi connectivity index (χ4v) is 5.47. The Morgan fingerprint density at radius 1 is 0.446 bits per heavy atom. The summed E-state index contributed by atoms with van der Waals surface area (Å²) < 4.78 is 0. The molecule has 16 heteroatoms. The molecule has 0 saturated carbocycles. The van der Waals surface area contributed by atoms with Crippen molar-refractivity contribution in [1.29, 1.82) is 0 Å². The summed E-state index contributed by atoms with van der Waals surface area (Å²) in [6.07, 6.45) is 27.3. The molecule has 3 atom stereocenters. The third kappa shape index (κ3) is 47.3. The number of hydrogen-bond acceptors (Lipinski definition) is 11. The second-order valence-electron chi connectivity index (χ2n) is 14.4. The molecule has 0 aliphatic rings. The zero-order valence-corrected chi connectivity index (χ0v) is 34.9. The molecule has 13 N–H and O–H groups in total. The molecule has 56 heavy (non-hydrogen) atoms. The lowest BCUT2D eigenvalue weighted by Gasteiger charge is -2.14. The van der Waals surface area contributed by atoms with Crippen LogP contribution in [0, 0.1) is 0 Å². The van der Waals surface area contributed by atoms with E-state index in [4.69, 9.17) is 37.0 Å². The Labute approximate surface area is 337 Å². The Balaban J connectivity index is -0.000000810. The maximum absolute atomic E-state index is 10.9. The maximum Gasteiger partial charge on any atom is 0.322 e. The van der Waals surface area contributed by atoms with Gasteiger partial charge in [-0.1, -0.05) is 136 Å². The van der Waals surface area contributed by atoms with Crippen molar-refractivity contribution in [3.8, 4) is 0 Å². The zero-order chi connectivity index (χ0) is 42.7. The minimum Gasteiger partial charge on any atom is -0.481 e. The Kier molecular flexibility index (Phi) is 46.0. The smallest absolute Gasteiger partial charge is 0.322 e. The van der Waals surface area contributed by atoms with Gasteiger partial charge in [0.1, 0.15) is 18.1 Å². The first-order valence-corrected chi connectivity index (χ1v) is 21.4. The van der Waals surface area contributed by atoms with Crippen LogP contribution in [0.3, 0.4) is 0 Å². The molecule has 332 valence electrons. The molecule has 0 saturated heterocycles. The third-order valence-electron chi connectivity index (χ3n) is 9.04. The molecule has 0 spiro atoms. The molecule has 0 amide bonds. The van der Waals surface area contributed by atoms with Crippen molar-refractivity contribution in [2.75, 3.05) is 19.6 Å². The maximum atomic E-state index is 10.9. The van der Waals surface area contributed by atoms with Crippen LogP contribution in [-0.4, -0.2) is 93.1 Å². The highest BCUT2D eigenvalue weighted by molar-refractivity contribution is 5.75. The van der Waals surface area contributed by atoms with Crippen LogP contribution in [0.15, 0.2) is 0 Å². The van der Waals surface area contributed by atoms with Gasteiger partial charge in [0, 0.05) is 25.9 Å². The van der Waals surface area contributed by atoms with Crippen LogP contribution < -0.4 is 33.2 Å². The molecular weight excluding hydrogens is 724 g/mol. The summed E-state index contributed by atoms with van der Waals surface area (Å²) in [5, 5.41) is 43.4. The molecule has 0 aromatic carbocycles. The Morgan fingerprint density at radius 2 is 0.768 bits per heavy atom. The predicted molar refractivity (Wildman–Crippen MR) is 221 cm³/mol. The van der Waals surface area contributed by atoms with Crippen LogP contribution in [0.2, 0.25) is 0 Å². The number of carboxylic acids is 5. The molecule has 0 bridgehead atoms. The van der Waals surface area contributed by atoms with Crippen molar-refractivity contribution >= 4 is 29.8 Å². The summed E-state index contributed by atoms with van der Waals surface area (Å²) in [4.78, 5) is 53.0. The van der Waals surface area contributed by atoms with Gasteiger partial charge in [0.15, 0.2) is 0 Å². The average molecular weight is 807 g/mol. The normalized spacial score (nSPS) is 12.4. The van der Waals surface area contributed by atoms with Crippen LogP contribution >= 0.6 is 0 Å². The van der Waals surface area contributed by atoms with Crippen LogP contribution in [0.4, 0.5) is 0 Å². The Morgan fingerprint density at radius 3 is 1.04 bits per heavy atom. The number of hydrogen-bond donors (Lipinski definition) is 11. The number of unbranched alkanes of at least 4 members (excludes halogenated alkanes) is 19. The number of hydrazine groups is 2. The van der Waals surface area contributed by atoms with Crippen molar-refractivity contribution < 1.29 is 49.5 Å². The lowest BCUT2D eigenvalue weighted by atomic mass is 10.1. The first kappa shape index (κ1) is 57.4. The lowest BCUT2D eigenvalue weighted by molar-refractivity contribution is -0.142. The zero-order valence-electron chi connectivity index (χ0n) is 34.9. The van der Waals surface area contributed by atoms with Gasteiger partial charge in [-0.05, 0) is 45.1 Å². The van der Waals surface area contributed by atoms with E-state index in [9.17, 15) is 24.0 Å². The monoisotopic (exact) mass is 807 g/mol. The van der Waals surface area contributed by atoms with Crippen molar-refractivity contribution in [3.63, 3.8) is 0 Å². The van der Waals surface area contributed by atoms with Gasteiger partial charge in [0.2, 0.25) is 0 Å². The Hall–Kier alpha value is -2.89. The van der Waals surface area contributed by atoms with Crippen LogP contribution in [0.5, 0.6) is 0 Å². The molecule has 0 rings (SSSR count). The summed E-state index contributed by atoms with van der Waals surface area (Å²) in [5.41, 5.74) is 21.6. The minimum atomic E-state index is -1.03. The number of carbonyl (C=O) groups is 5. The van der Waals surface area contributed by atoms with Crippen molar-refractivity contribution in [2.45, 2.75) is 205 Å². The van der Waals surface area contributed by atoms with Gasteiger partial charge >= 0.3 is 29.8 Å². The molecule has 16 nitrogen and oxygen atoms in total. The summed E-state index contributed by atoms with van der Waals surface area (Å²) in [6, 6.07) is -2.42. The standard InChI is InChI=1S/2C17H34N2O4.C6H14N2O2/c2*1-2-3-4-5-6-7-8-9-10-11-14-18-19-15(17(22)23)12-13-16(20)21;7-4-2-1-3-5(8)6(9)10/h2*15,18-19H,2-14H2,1H3,(H,20,21)(H,22,23);5H,1-4,7-8H2,(H,9,10). The second-order valence-corrected chi connectivity index (χ2v) is 14.4. The summed E-state index contributed by atoms with van der Waals surface area (Å²) in [5.74, 6) is -4.94. The fraction of sp³-hybridized carbons (Fsp3) is 0.875. The first-order valence-electron chi connectivity index (χ1n) is 21.4. The first-order chi connectivity index (χ1) is 26.8. The summed E-state index contributed by atoms with van der Waals surface area (Å²) in [7, 11) is 0. The molecule has 0 aromatic heterocycles. The minimum absolute atomic E-state index is 0.0791. The van der Waals surface area contributed by atoms with E-state index in [0.29, 0.717) is 26.1 Å². The predicted octanol–water partition coefficient (Wildman–Crippen LogP) is 6.17. The van der Waals surface area contributed by atoms with Gasteiger partial charge in [-0.15, -0.1) is 0 Å². The topological polar surface area (TPSA) is 287 Å². The quantitative estimate of drug-likeness (QED) is 0.0245. The van der Waals surface area contributed by atoms with E-state index >= 15 is 0 Å². The fourth-order valence-electron chi connectivity index (χ4n) is 5.47. The van der Waals surface area contributed by atoms with E-state index in [1.54, 1.807) is 0 Å². The van der Waals surface area contributed by atoms with Gasteiger partial charge in [0.05, 0.1) is 0 Å². The average Bonchev–Trinajstić information content (AvgIpc) is 3.14. The van der Waals surface area contributed by atoms with Crippen molar-refractivity contribution in [1.82, 2.24) is 21.7 Å². The lowest BCUT2D eigenvalue weighted by Crippen LogP contribution is -2.46.